The minimum absolute atomic E-state index is 0.733. The van der Waals surface area contributed by atoms with E-state index in [2.05, 4.69) is 86.2 Å². The molecule has 5 heterocycles. The van der Waals surface area contributed by atoms with E-state index in [0.29, 0.717) is 0 Å². The number of aromatic nitrogens is 2. The van der Waals surface area contributed by atoms with Gasteiger partial charge in [0, 0.05) is 29.8 Å². The lowest BCUT2D eigenvalue weighted by atomic mass is 10.1. The Morgan fingerprint density at radius 2 is 1.45 bits per heavy atom. The highest BCUT2D eigenvalue weighted by Crippen LogP contribution is 2.37. The van der Waals surface area contributed by atoms with E-state index in [9.17, 15) is 0 Å². The Balaban J connectivity index is 1.19. The zero-order valence-corrected chi connectivity index (χ0v) is 21.9. The highest BCUT2D eigenvalue weighted by Gasteiger charge is 2.29. The van der Waals surface area contributed by atoms with Gasteiger partial charge in [-0.2, -0.15) is 0 Å². The summed E-state index contributed by atoms with van der Waals surface area (Å²) >= 11 is 3.29. The molecule has 186 valence electrons. The van der Waals surface area contributed by atoms with Gasteiger partial charge >= 0.3 is 0 Å². The second kappa shape index (κ2) is 8.71. The normalized spacial score (nSPS) is 17.7. The van der Waals surface area contributed by atoms with E-state index in [1.54, 1.807) is 22.7 Å². The summed E-state index contributed by atoms with van der Waals surface area (Å²) in [5.41, 5.74) is 6.50. The first kappa shape index (κ1) is 21.9. The number of hydrogen-bond donors (Lipinski definition) is 2. The summed E-state index contributed by atoms with van der Waals surface area (Å²) in [4.78, 5) is 26.3. The van der Waals surface area contributed by atoms with Crippen LogP contribution in [-0.2, 0) is 6.54 Å². The van der Waals surface area contributed by atoms with Crippen molar-refractivity contribution in [3.63, 3.8) is 0 Å². The summed E-state index contributed by atoms with van der Waals surface area (Å²) in [7, 11) is 0. The third kappa shape index (κ3) is 3.67. The van der Waals surface area contributed by atoms with Crippen molar-refractivity contribution >= 4 is 70.9 Å². The molecule has 0 saturated heterocycles. The first-order chi connectivity index (χ1) is 18.8. The summed E-state index contributed by atoms with van der Waals surface area (Å²) in [5.74, 6) is 2.81. The van der Waals surface area contributed by atoms with Gasteiger partial charge in [-0.05, 0) is 42.0 Å². The Bertz CT molecular complexity index is 1830. The average Bonchev–Trinajstić information content (AvgIpc) is 3.77. The summed E-state index contributed by atoms with van der Waals surface area (Å²) < 4.78 is 2.24. The quantitative estimate of drug-likeness (QED) is 0.349. The van der Waals surface area contributed by atoms with Crippen molar-refractivity contribution in [1.82, 2.24) is 20.6 Å². The van der Waals surface area contributed by atoms with Crippen molar-refractivity contribution in [2.24, 2.45) is 15.0 Å². The number of benzene rings is 3. The molecule has 3 aliphatic heterocycles. The number of hydrogen-bond acceptors (Lipinski definition) is 9. The number of amidine groups is 3. The second-order valence-corrected chi connectivity index (χ2v) is 11.4. The van der Waals surface area contributed by atoms with Crippen LogP contribution in [-0.4, -0.2) is 53.7 Å². The van der Waals surface area contributed by atoms with Crippen LogP contribution in [0.15, 0.2) is 75.6 Å². The van der Waals surface area contributed by atoms with Crippen molar-refractivity contribution in [1.29, 1.82) is 0 Å². The number of aliphatic imine (C=N–C) groups is 3. The van der Waals surface area contributed by atoms with Gasteiger partial charge < -0.3 is 10.6 Å². The molecule has 8 rings (SSSR count). The smallest absolute Gasteiger partial charge is 0.212 e. The van der Waals surface area contributed by atoms with E-state index in [0.717, 1.165) is 97.6 Å². The second-order valence-electron chi connectivity index (χ2n) is 9.35. The summed E-state index contributed by atoms with van der Waals surface area (Å²) in [6.45, 7) is 4.17. The van der Waals surface area contributed by atoms with E-state index >= 15 is 0 Å². The molecule has 5 aromatic rings. The summed E-state index contributed by atoms with van der Waals surface area (Å²) in [6.07, 6.45) is 0. The van der Waals surface area contributed by atoms with Crippen LogP contribution < -0.4 is 15.5 Å². The van der Waals surface area contributed by atoms with Gasteiger partial charge in [-0.25, -0.2) is 15.0 Å². The molecule has 2 N–H and O–H groups in total. The molecule has 0 saturated carbocycles. The number of nitrogens with one attached hydrogen (secondary N) is 2. The van der Waals surface area contributed by atoms with Gasteiger partial charge in [-0.1, -0.05) is 46.9 Å². The monoisotopic (exact) mass is 534 g/mol. The molecule has 8 nitrogen and oxygen atoms in total. The molecule has 38 heavy (non-hydrogen) atoms. The summed E-state index contributed by atoms with van der Waals surface area (Å²) in [6, 6.07) is 21.1. The Kier molecular flexibility index (Phi) is 5.02. The first-order valence-electron chi connectivity index (χ1n) is 12.6. The topological polar surface area (TPSA) is 90.2 Å². The van der Waals surface area contributed by atoms with Crippen LogP contribution in [0.25, 0.3) is 20.4 Å². The number of thiazole rings is 2. The highest BCUT2D eigenvalue weighted by atomic mass is 32.1. The van der Waals surface area contributed by atoms with E-state index in [4.69, 9.17) is 15.0 Å². The predicted octanol–water partition coefficient (Wildman–Crippen LogP) is 4.70. The SMILES string of the molecule is c1ccc2c(c1)CN(c1nc3ccc(C4=NCCN4)cc3s1)C2=Nc1nc2ccc(C3=NCCN3)cc2s1. The lowest BCUT2D eigenvalue weighted by molar-refractivity contribution is 0.960. The first-order valence-corrected chi connectivity index (χ1v) is 14.2. The van der Waals surface area contributed by atoms with Crippen LogP contribution in [0.4, 0.5) is 10.3 Å². The average molecular weight is 535 g/mol. The third-order valence-corrected chi connectivity index (χ3v) is 8.88. The molecule has 0 bridgehead atoms. The Morgan fingerprint density at radius 3 is 2.16 bits per heavy atom. The fourth-order valence-corrected chi connectivity index (χ4v) is 6.98. The Hall–Kier alpha value is -4.15. The van der Waals surface area contributed by atoms with Crippen molar-refractivity contribution in [2.45, 2.75) is 6.54 Å². The van der Waals surface area contributed by atoms with Crippen molar-refractivity contribution in [3.05, 3.63) is 82.9 Å². The van der Waals surface area contributed by atoms with Crippen molar-refractivity contribution in [3.8, 4) is 0 Å². The molecular formula is C28H22N8S2. The van der Waals surface area contributed by atoms with Crippen LogP contribution in [0.1, 0.15) is 22.3 Å². The molecule has 3 aromatic carbocycles. The van der Waals surface area contributed by atoms with Gasteiger partial charge in [-0.15, -0.1) is 0 Å². The predicted molar refractivity (Wildman–Crippen MR) is 157 cm³/mol. The molecule has 0 spiro atoms. The highest BCUT2D eigenvalue weighted by molar-refractivity contribution is 7.22. The van der Waals surface area contributed by atoms with Crippen molar-refractivity contribution in [2.75, 3.05) is 31.1 Å². The summed E-state index contributed by atoms with van der Waals surface area (Å²) in [5, 5.41) is 8.39. The molecule has 0 unspecified atom stereocenters. The van der Waals surface area contributed by atoms with Gasteiger partial charge in [-0.3, -0.25) is 14.9 Å². The molecule has 0 atom stereocenters. The molecule has 0 aliphatic carbocycles. The molecule has 0 fully saturated rings. The zero-order chi connectivity index (χ0) is 25.1. The molecular weight excluding hydrogens is 512 g/mol. The largest absolute Gasteiger partial charge is 0.368 e. The van der Waals surface area contributed by atoms with Gasteiger partial charge in [0.2, 0.25) is 5.13 Å². The number of fused-ring (bicyclic) bond motifs is 3. The van der Waals surface area contributed by atoms with E-state index < -0.39 is 0 Å². The fraction of sp³-hybridized carbons (Fsp3) is 0.179. The standard InChI is InChI=1S/C28H22N8S2/c1-2-4-19-18(3-1)15-36(28-34-21-8-6-17(14-23(21)38-28)25-31-11-12-32-25)26(19)35-27-33-20-7-5-16(13-22(20)37-27)24-29-9-10-30-24/h1-8,13-14H,9-12,15H2,(H,29,30)(H,31,32). The fourth-order valence-electron chi connectivity index (χ4n) is 5.10. The molecule has 3 aliphatic rings. The minimum atomic E-state index is 0.733. The zero-order valence-electron chi connectivity index (χ0n) is 20.3. The maximum absolute atomic E-state index is 5.11. The van der Waals surface area contributed by atoms with Gasteiger partial charge in [0.15, 0.2) is 5.13 Å². The Labute approximate surface area is 226 Å². The molecule has 0 radical (unpaired) electrons. The van der Waals surface area contributed by atoms with Crippen LogP contribution >= 0.6 is 22.7 Å². The molecule has 2 aromatic heterocycles. The van der Waals surface area contributed by atoms with E-state index in [-0.39, 0.29) is 0 Å². The lowest BCUT2D eigenvalue weighted by Crippen LogP contribution is -2.23. The molecule has 10 heteroatoms. The third-order valence-electron chi connectivity index (χ3n) is 6.92. The maximum atomic E-state index is 5.11. The van der Waals surface area contributed by atoms with E-state index in [1.807, 2.05) is 0 Å². The van der Waals surface area contributed by atoms with Gasteiger partial charge in [0.05, 0.1) is 40.1 Å². The molecule has 0 amide bonds. The maximum Gasteiger partial charge on any atom is 0.212 e. The number of rotatable bonds is 4. The van der Waals surface area contributed by atoms with Gasteiger partial charge in [0.25, 0.3) is 0 Å². The number of anilines is 1. The van der Waals surface area contributed by atoms with Crippen LogP contribution in [0.5, 0.6) is 0 Å². The van der Waals surface area contributed by atoms with Gasteiger partial charge in [0.1, 0.15) is 17.5 Å². The minimum Gasteiger partial charge on any atom is -0.368 e. The van der Waals surface area contributed by atoms with E-state index in [1.165, 1.54) is 5.56 Å². The van der Waals surface area contributed by atoms with Crippen molar-refractivity contribution < 1.29 is 0 Å². The van der Waals surface area contributed by atoms with Crippen LogP contribution in [0, 0.1) is 0 Å². The number of nitrogens with zero attached hydrogens (tertiary/aromatic N) is 6. The van der Waals surface area contributed by atoms with Crippen LogP contribution in [0.3, 0.4) is 0 Å². The van der Waals surface area contributed by atoms with Crippen LogP contribution in [0.2, 0.25) is 0 Å². The lowest BCUT2D eigenvalue weighted by Gasteiger charge is -2.14. The Morgan fingerprint density at radius 1 is 0.763 bits per heavy atom.